The number of anilines is 1. The fraction of sp³-hybridized carbons (Fsp3) is 0.706. The molecule has 118 valence electrons. The molecule has 1 fully saturated rings. The molecule has 1 aromatic heterocycles. The van der Waals surface area contributed by atoms with Crippen molar-refractivity contribution in [2.75, 3.05) is 11.9 Å². The highest BCUT2D eigenvalue weighted by molar-refractivity contribution is 6.33. The molecule has 2 rings (SSSR count). The lowest BCUT2D eigenvalue weighted by Gasteiger charge is -2.29. The average Bonchev–Trinajstić information content (AvgIpc) is 2.73. The number of rotatable bonds is 5. The van der Waals surface area contributed by atoms with Gasteiger partial charge in [-0.25, -0.2) is 4.98 Å². The second-order valence-corrected chi connectivity index (χ2v) is 6.85. The van der Waals surface area contributed by atoms with Gasteiger partial charge in [-0.3, -0.25) is 0 Å². The third kappa shape index (κ3) is 4.86. The van der Waals surface area contributed by atoms with E-state index < -0.39 is 0 Å². The lowest BCUT2D eigenvalue weighted by atomic mass is 10.1. The molecule has 0 spiro atoms. The summed E-state index contributed by atoms with van der Waals surface area (Å²) in [5.41, 5.74) is 1.15. The summed E-state index contributed by atoms with van der Waals surface area (Å²) in [7, 11) is 2.14. The number of nitrogens with zero attached hydrogens (tertiary/aromatic N) is 2. The topological polar surface area (TPSA) is 28.2 Å². The molecule has 0 aromatic carbocycles. The van der Waals surface area contributed by atoms with Crippen LogP contribution in [0.5, 0.6) is 0 Å². The summed E-state index contributed by atoms with van der Waals surface area (Å²) in [4.78, 5) is 6.90. The van der Waals surface area contributed by atoms with Crippen LogP contribution < -0.4 is 10.2 Å². The van der Waals surface area contributed by atoms with Gasteiger partial charge in [0.05, 0.1) is 5.02 Å². The minimum atomic E-state index is 0.470. The van der Waals surface area contributed by atoms with E-state index in [1.165, 1.54) is 38.5 Å². The van der Waals surface area contributed by atoms with Crippen molar-refractivity contribution in [3.8, 4) is 0 Å². The summed E-state index contributed by atoms with van der Waals surface area (Å²) in [5.74, 6) is 0.928. The van der Waals surface area contributed by atoms with Crippen LogP contribution in [-0.4, -0.2) is 24.1 Å². The zero-order valence-electron chi connectivity index (χ0n) is 13.5. The van der Waals surface area contributed by atoms with E-state index in [-0.39, 0.29) is 0 Å². The van der Waals surface area contributed by atoms with E-state index in [1.807, 2.05) is 12.3 Å². The molecule has 3 nitrogen and oxygen atoms in total. The highest BCUT2D eigenvalue weighted by atomic mass is 35.5. The number of hydrogen-bond donors (Lipinski definition) is 1. The Morgan fingerprint density at radius 2 is 1.95 bits per heavy atom. The molecule has 0 amide bonds. The van der Waals surface area contributed by atoms with E-state index in [4.69, 9.17) is 11.6 Å². The normalized spacial score (nSPS) is 17.0. The van der Waals surface area contributed by atoms with Crippen LogP contribution in [0.1, 0.15) is 57.9 Å². The van der Waals surface area contributed by atoms with Crippen LogP contribution in [0.15, 0.2) is 12.3 Å². The Morgan fingerprint density at radius 3 is 2.52 bits per heavy atom. The van der Waals surface area contributed by atoms with Gasteiger partial charge in [0.25, 0.3) is 0 Å². The van der Waals surface area contributed by atoms with Crippen LogP contribution in [0.2, 0.25) is 5.02 Å². The smallest absolute Gasteiger partial charge is 0.147 e. The van der Waals surface area contributed by atoms with Crippen molar-refractivity contribution < 1.29 is 0 Å². The Labute approximate surface area is 134 Å². The quantitative estimate of drug-likeness (QED) is 0.818. The van der Waals surface area contributed by atoms with Crippen molar-refractivity contribution in [2.24, 2.45) is 0 Å². The van der Waals surface area contributed by atoms with E-state index in [1.54, 1.807) is 0 Å². The summed E-state index contributed by atoms with van der Waals surface area (Å²) < 4.78 is 0. The molecule has 0 saturated heterocycles. The van der Waals surface area contributed by atoms with Crippen molar-refractivity contribution in [2.45, 2.75) is 71.0 Å². The Kier molecular flexibility index (Phi) is 6.31. The lowest BCUT2D eigenvalue weighted by molar-refractivity contribution is 0.548. The van der Waals surface area contributed by atoms with Crippen LogP contribution in [0.3, 0.4) is 0 Å². The fourth-order valence-corrected chi connectivity index (χ4v) is 3.29. The van der Waals surface area contributed by atoms with Crippen molar-refractivity contribution >= 4 is 17.4 Å². The van der Waals surface area contributed by atoms with E-state index in [2.05, 4.69) is 36.1 Å². The molecule has 1 aliphatic carbocycles. The maximum Gasteiger partial charge on any atom is 0.147 e. The van der Waals surface area contributed by atoms with Gasteiger partial charge in [0.15, 0.2) is 0 Å². The Morgan fingerprint density at radius 1 is 1.29 bits per heavy atom. The summed E-state index contributed by atoms with van der Waals surface area (Å²) >= 11 is 6.47. The van der Waals surface area contributed by atoms with E-state index in [9.17, 15) is 0 Å². The first-order valence-electron chi connectivity index (χ1n) is 8.18. The minimum absolute atomic E-state index is 0.470. The van der Waals surface area contributed by atoms with Gasteiger partial charge in [0.1, 0.15) is 5.82 Å². The highest BCUT2D eigenvalue weighted by Crippen LogP contribution is 2.29. The highest BCUT2D eigenvalue weighted by Gasteiger charge is 2.20. The van der Waals surface area contributed by atoms with Crippen molar-refractivity contribution in [1.82, 2.24) is 10.3 Å². The predicted molar refractivity (Wildman–Crippen MR) is 91.1 cm³/mol. The number of halogens is 1. The summed E-state index contributed by atoms with van der Waals surface area (Å²) in [6.45, 7) is 5.10. The first-order valence-corrected chi connectivity index (χ1v) is 8.56. The molecule has 0 unspecified atom stereocenters. The molecule has 1 saturated carbocycles. The van der Waals surface area contributed by atoms with Crippen LogP contribution in [0, 0.1) is 0 Å². The Bertz CT molecular complexity index is 440. The van der Waals surface area contributed by atoms with Crippen molar-refractivity contribution in [3.63, 3.8) is 0 Å². The van der Waals surface area contributed by atoms with Gasteiger partial charge in [-0.15, -0.1) is 0 Å². The molecule has 1 aromatic rings. The molecular formula is C17H28ClN3. The number of nitrogens with one attached hydrogen (secondary N) is 1. The summed E-state index contributed by atoms with van der Waals surface area (Å²) in [6, 6.07) is 3.10. The monoisotopic (exact) mass is 309 g/mol. The zero-order chi connectivity index (χ0) is 15.2. The molecule has 21 heavy (non-hydrogen) atoms. The molecule has 0 radical (unpaired) electrons. The van der Waals surface area contributed by atoms with E-state index >= 15 is 0 Å². The number of aromatic nitrogens is 1. The zero-order valence-corrected chi connectivity index (χ0v) is 14.3. The maximum atomic E-state index is 6.47. The standard InChI is InChI=1S/C17H28ClN3/c1-13(2)19-11-14-10-16(18)17(20-12-14)21(3)15-8-6-4-5-7-9-15/h10,12-13,15,19H,4-9,11H2,1-3H3. The van der Waals surface area contributed by atoms with Gasteiger partial charge in [0, 0.05) is 31.9 Å². The minimum Gasteiger partial charge on any atom is -0.355 e. The van der Waals surface area contributed by atoms with Gasteiger partial charge in [-0.2, -0.15) is 0 Å². The third-order valence-electron chi connectivity index (χ3n) is 4.30. The molecule has 4 heteroatoms. The summed E-state index contributed by atoms with van der Waals surface area (Å²) in [6.07, 6.45) is 9.84. The van der Waals surface area contributed by atoms with E-state index in [0.29, 0.717) is 12.1 Å². The molecule has 0 aliphatic heterocycles. The lowest BCUT2D eigenvalue weighted by Crippen LogP contribution is -2.32. The molecule has 0 atom stereocenters. The van der Waals surface area contributed by atoms with Crippen LogP contribution in [0.25, 0.3) is 0 Å². The summed E-state index contributed by atoms with van der Waals surface area (Å²) in [5, 5.41) is 4.17. The molecule has 1 aliphatic rings. The Balaban J connectivity index is 2.04. The fourth-order valence-electron chi connectivity index (χ4n) is 2.97. The Hall–Kier alpha value is -0.800. The second-order valence-electron chi connectivity index (χ2n) is 6.44. The van der Waals surface area contributed by atoms with Crippen LogP contribution in [0.4, 0.5) is 5.82 Å². The van der Waals surface area contributed by atoms with Gasteiger partial charge in [-0.05, 0) is 24.5 Å². The average molecular weight is 310 g/mol. The predicted octanol–water partition coefficient (Wildman–Crippen LogP) is 4.39. The molecule has 1 heterocycles. The van der Waals surface area contributed by atoms with Crippen molar-refractivity contribution in [3.05, 3.63) is 22.8 Å². The first kappa shape index (κ1) is 16.6. The van der Waals surface area contributed by atoms with Gasteiger partial charge < -0.3 is 10.2 Å². The van der Waals surface area contributed by atoms with Crippen LogP contribution >= 0.6 is 11.6 Å². The third-order valence-corrected chi connectivity index (χ3v) is 4.58. The SMILES string of the molecule is CC(C)NCc1cnc(N(C)C2CCCCCC2)c(Cl)c1. The first-order chi connectivity index (χ1) is 10.1. The van der Waals surface area contributed by atoms with Gasteiger partial charge in [0.2, 0.25) is 0 Å². The van der Waals surface area contributed by atoms with E-state index in [0.717, 1.165) is 22.9 Å². The number of pyridine rings is 1. The van der Waals surface area contributed by atoms with Gasteiger partial charge >= 0.3 is 0 Å². The molecular weight excluding hydrogens is 282 g/mol. The molecule has 1 N–H and O–H groups in total. The van der Waals surface area contributed by atoms with Crippen LogP contribution in [-0.2, 0) is 6.54 Å². The number of hydrogen-bond acceptors (Lipinski definition) is 3. The van der Waals surface area contributed by atoms with Gasteiger partial charge in [-0.1, -0.05) is 51.1 Å². The van der Waals surface area contributed by atoms with Crippen molar-refractivity contribution in [1.29, 1.82) is 0 Å². The maximum absolute atomic E-state index is 6.47. The molecule has 0 bridgehead atoms. The second kappa shape index (κ2) is 8.00. The largest absolute Gasteiger partial charge is 0.355 e.